The molecular weight excluding hydrogens is 530 g/mol. The molecule has 2 aromatic carbocycles. The van der Waals surface area contributed by atoms with Crippen molar-refractivity contribution in [3.63, 3.8) is 0 Å². The standard InChI is InChI=1S/C28H28ClN9O2/c1-17-5-3-4-6-23(28-30-15-25(35-28)22-10-9-21(33-18(2)39)14-24(22)32-17)34-27(40)12-7-19-13-20(29)8-11-26(19)38-16-31-36-37-38/h3-4,7-17,23,32H,5-6H2,1-2H3,(H,30,35)(H,33,39)(H,34,40)/b4-3+,12-7-/t17?,23-/m0/s1. The second-order valence-corrected chi connectivity index (χ2v) is 9.90. The van der Waals surface area contributed by atoms with E-state index in [1.165, 1.54) is 24.0 Å². The highest BCUT2D eigenvalue weighted by Crippen LogP contribution is 2.32. The summed E-state index contributed by atoms with van der Waals surface area (Å²) in [5.41, 5.74) is 4.64. The quantitative estimate of drug-likeness (QED) is 0.206. The molecule has 2 atom stereocenters. The lowest BCUT2D eigenvalue weighted by Crippen LogP contribution is -2.27. The van der Waals surface area contributed by atoms with Crippen molar-refractivity contribution in [1.82, 2.24) is 35.5 Å². The van der Waals surface area contributed by atoms with Gasteiger partial charge in [-0.3, -0.25) is 9.59 Å². The van der Waals surface area contributed by atoms with Crippen molar-refractivity contribution in [2.24, 2.45) is 0 Å². The van der Waals surface area contributed by atoms with Crippen LogP contribution in [0.25, 0.3) is 23.0 Å². The van der Waals surface area contributed by atoms with Crippen LogP contribution in [0.15, 0.2) is 67.2 Å². The molecule has 0 saturated carbocycles. The fourth-order valence-corrected chi connectivity index (χ4v) is 4.63. The van der Waals surface area contributed by atoms with Crippen LogP contribution in [-0.4, -0.2) is 48.0 Å². The molecule has 204 valence electrons. The number of H-pyrrole nitrogens is 1. The molecule has 0 saturated heterocycles. The molecule has 0 radical (unpaired) electrons. The van der Waals surface area contributed by atoms with E-state index in [4.69, 9.17) is 11.6 Å². The number of fused-ring (bicyclic) bond motifs is 4. The fraction of sp³-hybridized carbons (Fsp3) is 0.214. The smallest absolute Gasteiger partial charge is 0.244 e. The van der Waals surface area contributed by atoms with E-state index >= 15 is 0 Å². The van der Waals surface area contributed by atoms with Crippen LogP contribution < -0.4 is 16.0 Å². The van der Waals surface area contributed by atoms with Gasteiger partial charge in [0.1, 0.15) is 12.2 Å². The lowest BCUT2D eigenvalue weighted by atomic mass is 10.1. The molecule has 0 aliphatic carbocycles. The lowest BCUT2D eigenvalue weighted by Gasteiger charge is -2.19. The van der Waals surface area contributed by atoms with Gasteiger partial charge in [-0.25, -0.2) is 4.98 Å². The van der Waals surface area contributed by atoms with Gasteiger partial charge in [0.05, 0.1) is 23.6 Å². The van der Waals surface area contributed by atoms with Crippen LogP contribution in [0.1, 0.15) is 44.1 Å². The Morgan fingerprint density at radius 1 is 1.15 bits per heavy atom. The monoisotopic (exact) mass is 557 g/mol. The highest BCUT2D eigenvalue weighted by molar-refractivity contribution is 6.30. The van der Waals surface area contributed by atoms with Gasteiger partial charge in [-0.15, -0.1) is 5.10 Å². The number of rotatable bonds is 5. The number of amides is 2. The fourth-order valence-electron chi connectivity index (χ4n) is 4.45. The molecule has 2 amide bonds. The summed E-state index contributed by atoms with van der Waals surface area (Å²) in [7, 11) is 0. The first kappa shape index (κ1) is 26.8. The number of hydrogen-bond donors (Lipinski definition) is 4. The third-order valence-electron chi connectivity index (χ3n) is 6.30. The zero-order valence-corrected chi connectivity index (χ0v) is 22.7. The molecule has 1 aliphatic rings. The minimum atomic E-state index is -0.384. The zero-order valence-electron chi connectivity index (χ0n) is 21.9. The molecular formula is C28H28ClN9O2. The summed E-state index contributed by atoms with van der Waals surface area (Å²) >= 11 is 6.20. The Balaban J connectivity index is 1.40. The minimum absolute atomic E-state index is 0.132. The predicted octanol–water partition coefficient (Wildman–Crippen LogP) is 4.69. The topological polar surface area (TPSA) is 143 Å². The van der Waals surface area contributed by atoms with Crippen LogP contribution in [-0.2, 0) is 9.59 Å². The third kappa shape index (κ3) is 6.44. The second-order valence-electron chi connectivity index (χ2n) is 9.46. The Kier molecular flexibility index (Phi) is 8.02. The highest BCUT2D eigenvalue weighted by atomic mass is 35.5. The van der Waals surface area contributed by atoms with Crippen LogP contribution in [0.2, 0.25) is 5.02 Å². The zero-order chi connectivity index (χ0) is 28.1. The third-order valence-corrected chi connectivity index (χ3v) is 6.54. The summed E-state index contributed by atoms with van der Waals surface area (Å²) in [5, 5.41) is 21.2. The summed E-state index contributed by atoms with van der Waals surface area (Å²) in [4.78, 5) is 32.6. The predicted molar refractivity (Wildman–Crippen MR) is 154 cm³/mol. The maximum Gasteiger partial charge on any atom is 0.244 e. The normalized spacial score (nSPS) is 17.7. The highest BCUT2D eigenvalue weighted by Gasteiger charge is 2.19. The number of hydrogen-bond acceptors (Lipinski definition) is 7. The molecule has 0 fully saturated rings. The van der Waals surface area contributed by atoms with E-state index in [1.54, 1.807) is 30.5 Å². The Hall–Kier alpha value is -4.77. The van der Waals surface area contributed by atoms with Gasteiger partial charge in [0.15, 0.2) is 0 Å². The number of aromatic amines is 1. The minimum Gasteiger partial charge on any atom is -0.382 e. The largest absolute Gasteiger partial charge is 0.382 e. The SMILES string of the molecule is CC(=O)Nc1ccc2c(c1)NC(C)C/C=C/C[C@H](NC(=O)/C=C\c1cc(Cl)ccc1-n1cnnn1)c1ncc-2[nH]1. The molecule has 11 nitrogen and oxygen atoms in total. The van der Waals surface area contributed by atoms with E-state index in [9.17, 15) is 9.59 Å². The maximum absolute atomic E-state index is 13.0. The number of aromatic nitrogens is 6. The van der Waals surface area contributed by atoms with Gasteiger partial charge in [-0.05, 0) is 72.7 Å². The maximum atomic E-state index is 13.0. The number of nitrogens with one attached hydrogen (secondary N) is 4. The average molecular weight is 558 g/mol. The molecule has 40 heavy (non-hydrogen) atoms. The molecule has 2 aromatic heterocycles. The lowest BCUT2D eigenvalue weighted by molar-refractivity contribution is -0.117. The number of carbonyl (C=O) groups is 2. The Morgan fingerprint density at radius 3 is 2.80 bits per heavy atom. The summed E-state index contributed by atoms with van der Waals surface area (Å²) in [6, 6.07) is 10.7. The second kappa shape index (κ2) is 12.0. The van der Waals surface area contributed by atoms with Crippen LogP contribution in [0.4, 0.5) is 11.4 Å². The van der Waals surface area contributed by atoms with Crippen LogP contribution >= 0.6 is 11.6 Å². The number of imidazole rings is 1. The summed E-state index contributed by atoms with van der Waals surface area (Å²) in [6.07, 6.45) is 11.8. The summed E-state index contributed by atoms with van der Waals surface area (Å²) < 4.78 is 1.50. The van der Waals surface area contributed by atoms with Crippen molar-refractivity contribution in [3.8, 4) is 16.9 Å². The van der Waals surface area contributed by atoms with Crippen LogP contribution in [0.5, 0.6) is 0 Å². The van der Waals surface area contributed by atoms with E-state index in [2.05, 4.69) is 54.4 Å². The molecule has 12 heteroatoms. The number of anilines is 2. The van der Waals surface area contributed by atoms with E-state index in [0.717, 1.165) is 23.4 Å². The van der Waals surface area contributed by atoms with Crippen LogP contribution in [0, 0.1) is 0 Å². The van der Waals surface area contributed by atoms with Crippen molar-refractivity contribution >= 4 is 40.9 Å². The molecule has 4 aromatic rings. The molecule has 2 bridgehead atoms. The molecule has 3 heterocycles. The van der Waals surface area contributed by atoms with Crippen molar-refractivity contribution in [1.29, 1.82) is 0 Å². The molecule has 0 spiro atoms. The van der Waals surface area contributed by atoms with Gasteiger partial charge in [-0.2, -0.15) is 4.68 Å². The Labute approximate surface area is 235 Å². The Morgan fingerprint density at radius 2 is 2.00 bits per heavy atom. The van der Waals surface area contributed by atoms with Crippen molar-refractivity contribution in [3.05, 3.63) is 83.6 Å². The number of benzene rings is 2. The van der Waals surface area contributed by atoms with Gasteiger partial charge < -0.3 is 20.9 Å². The van der Waals surface area contributed by atoms with Crippen molar-refractivity contribution in [2.75, 3.05) is 10.6 Å². The Bertz CT molecular complexity index is 1580. The van der Waals surface area contributed by atoms with Crippen molar-refractivity contribution < 1.29 is 9.59 Å². The summed E-state index contributed by atoms with van der Waals surface area (Å²) in [5.74, 6) is 0.202. The first-order chi connectivity index (χ1) is 19.4. The molecule has 4 N–H and O–H groups in total. The van der Waals surface area contributed by atoms with Gasteiger partial charge in [0.2, 0.25) is 11.8 Å². The number of tetrazole rings is 1. The van der Waals surface area contributed by atoms with Crippen molar-refractivity contribution in [2.45, 2.75) is 38.8 Å². The van der Waals surface area contributed by atoms with E-state index in [1.807, 2.05) is 24.3 Å². The van der Waals surface area contributed by atoms with E-state index in [0.29, 0.717) is 34.2 Å². The number of halogens is 1. The first-order valence-corrected chi connectivity index (χ1v) is 13.1. The number of nitrogens with zero attached hydrogens (tertiary/aromatic N) is 5. The van der Waals surface area contributed by atoms with E-state index < -0.39 is 0 Å². The molecule has 5 rings (SSSR count). The van der Waals surface area contributed by atoms with Gasteiger partial charge >= 0.3 is 0 Å². The summed E-state index contributed by atoms with van der Waals surface area (Å²) in [6.45, 7) is 3.57. The van der Waals surface area contributed by atoms with E-state index in [-0.39, 0.29) is 23.9 Å². The molecule has 1 aliphatic heterocycles. The molecule has 1 unspecified atom stereocenters. The first-order valence-electron chi connectivity index (χ1n) is 12.8. The number of carbonyl (C=O) groups excluding carboxylic acids is 2. The van der Waals surface area contributed by atoms with Crippen LogP contribution in [0.3, 0.4) is 0 Å². The van der Waals surface area contributed by atoms with Gasteiger partial charge in [-0.1, -0.05) is 23.8 Å². The van der Waals surface area contributed by atoms with Gasteiger partial charge in [0.25, 0.3) is 0 Å². The van der Waals surface area contributed by atoms with Gasteiger partial charge in [0, 0.05) is 46.6 Å². The average Bonchev–Trinajstić information content (AvgIpc) is 3.62.